The van der Waals surface area contributed by atoms with Gasteiger partial charge in [-0.15, -0.1) is 6.58 Å². The minimum atomic E-state index is -1.59. The van der Waals surface area contributed by atoms with Crippen molar-refractivity contribution < 1.29 is 49.3 Å². The van der Waals surface area contributed by atoms with Crippen molar-refractivity contribution in [2.24, 2.45) is 11.8 Å². The number of piperidine rings is 1. The molecule has 0 spiro atoms. The molecule has 0 unspecified atom stereocenters. The number of hydrogen-bond acceptors (Lipinski definition) is 10. The molecule has 5 N–H and O–H groups in total. The van der Waals surface area contributed by atoms with Gasteiger partial charge >= 0.3 is 0 Å². The van der Waals surface area contributed by atoms with Crippen LogP contribution >= 0.6 is 0 Å². The van der Waals surface area contributed by atoms with Gasteiger partial charge in [-0.1, -0.05) is 6.08 Å². The molecule has 196 valence electrons. The molecule has 0 bridgehead atoms. The minimum Gasteiger partial charge on any atom is -0.504 e. The summed E-state index contributed by atoms with van der Waals surface area (Å²) in [5.41, 5.74) is 2.33. The summed E-state index contributed by atoms with van der Waals surface area (Å²) in [6.45, 7) is 3.83. The molecular weight excluding hydrogens is 474 g/mol. The number of ether oxygens (including phenoxy) is 4. The summed E-state index contributed by atoms with van der Waals surface area (Å²) in [6.07, 6.45) is -4.10. The summed E-state index contributed by atoms with van der Waals surface area (Å²) in [7, 11) is 1.49. The van der Waals surface area contributed by atoms with Gasteiger partial charge in [0.1, 0.15) is 24.4 Å². The molecule has 1 aromatic rings. The third kappa shape index (κ3) is 3.96. The number of rotatable bonds is 5. The largest absolute Gasteiger partial charge is 0.504 e. The molecule has 11 nitrogen and oxygen atoms in total. The Hall–Kier alpha value is -2.67. The standard InChI is InChI=1S/C25H31NO10/c1-3-12-14-7-16-13-8-17(28)18(33-2)6-11(13)4-5-26(16)23(32)15(14)10-34-24(12)36-25-22(31)21(30)20(29)19(9-27)35-25/h3,6,8,10,12,14,16,19-22,24-25,27-31H,1,4-5,7,9H2,2H3/t12-,14+,16+,19-,20-,21+,22-,24+,25+/m1/s1. The Balaban J connectivity index is 1.41. The van der Waals surface area contributed by atoms with Crippen LogP contribution in [0.1, 0.15) is 23.6 Å². The molecule has 0 radical (unpaired) electrons. The van der Waals surface area contributed by atoms with Crippen molar-refractivity contribution in [3.05, 3.63) is 47.7 Å². The molecule has 2 fully saturated rings. The lowest BCUT2D eigenvalue weighted by molar-refractivity contribution is -0.339. The van der Waals surface area contributed by atoms with Crippen LogP contribution in [0.5, 0.6) is 11.5 Å². The normalized spacial score (nSPS) is 37.7. The summed E-state index contributed by atoms with van der Waals surface area (Å²) in [4.78, 5) is 15.2. The number of fused-ring (bicyclic) bond motifs is 4. The first-order valence-corrected chi connectivity index (χ1v) is 11.9. The maximum Gasteiger partial charge on any atom is 0.253 e. The Labute approximate surface area is 207 Å². The highest BCUT2D eigenvalue weighted by atomic mass is 16.8. The van der Waals surface area contributed by atoms with E-state index < -0.39 is 49.5 Å². The number of aromatic hydroxyl groups is 1. The zero-order valence-corrected chi connectivity index (χ0v) is 19.8. The summed E-state index contributed by atoms with van der Waals surface area (Å²) in [6, 6.07) is 3.17. The second-order valence-electron chi connectivity index (χ2n) is 9.55. The number of carbonyl (C=O) groups is 1. The van der Waals surface area contributed by atoms with Crippen molar-refractivity contribution in [2.75, 3.05) is 20.3 Å². The topological polar surface area (TPSA) is 158 Å². The molecule has 36 heavy (non-hydrogen) atoms. The number of phenols is 1. The molecule has 0 aliphatic carbocycles. The van der Waals surface area contributed by atoms with Gasteiger partial charge in [0.15, 0.2) is 17.8 Å². The van der Waals surface area contributed by atoms with Crippen LogP contribution in [0.25, 0.3) is 0 Å². The lowest BCUT2D eigenvalue weighted by Crippen LogP contribution is -2.60. The smallest absolute Gasteiger partial charge is 0.253 e. The Morgan fingerprint density at radius 2 is 1.97 bits per heavy atom. The molecule has 0 saturated carbocycles. The zero-order valence-electron chi connectivity index (χ0n) is 19.8. The van der Waals surface area contributed by atoms with Gasteiger partial charge in [0.05, 0.1) is 31.6 Å². The molecule has 11 heteroatoms. The lowest BCUT2D eigenvalue weighted by atomic mass is 9.73. The van der Waals surface area contributed by atoms with Gasteiger partial charge in [0, 0.05) is 18.4 Å². The van der Waals surface area contributed by atoms with Crippen LogP contribution in [-0.2, 0) is 25.4 Å². The summed E-state index contributed by atoms with van der Waals surface area (Å²) in [5, 5.41) is 50.4. The van der Waals surface area contributed by atoms with Gasteiger partial charge in [0.25, 0.3) is 5.91 Å². The van der Waals surface area contributed by atoms with Gasteiger partial charge in [-0.2, -0.15) is 0 Å². The molecule has 1 amide bonds. The van der Waals surface area contributed by atoms with Crippen molar-refractivity contribution in [1.82, 2.24) is 4.90 Å². The molecular formula is C25H31NO10. The van der Waals surface area contributed by atoms with Crippen LogP contribution < -0.4 is 4.74 Å². The van der Waals surface area contributed by atoms with Gasteiger partial charge in [-0.3, -0.25) is 4.79 Å². The van der Waals surface area contributed by atoms with Gasteiger partial charge < -0.3 is 49.4 Å². The van der Waals surface area contributed by atoms with Gasteiger partial charge in [0.2, 0.25) is 6.29 Å². The zero-order chi connectivity index (χ0) is 25.7. The number of methoxy groups -OCH3 is 1. The average molecular weight is 506 g/mol. The monoisotopic (exact) mass is 505 g/mol. The number of hydrogen-bond donors (Lipinski definition) is 5. The predicted octanol–water partition coefficient (Wildman–Crippen LogP) is -0.295. The molecule has 4 aliphatic heterocycles. The first-order chi connectivity index (χ1) is 17.3. The second-order valence-corrected chi connectivity index (χ2v) is 9.55. The number of phenolic OH excluding ortho intramolecular Hbond substituents is 1. The van der Waals surface area contributed by atoms with E-state index in [9.17, 15) is 30.3 Å². The van der Waals surface area contributed by atoms with E-state index in [1.807, 2.05) is 0 Å². The highest BCUT2D eigenvalue weighted by Gasteiger charge is 2.50. The SMILES string of the molecule is C=C[C@H]1[C@H](O[C@@H]2O[C@H](CO)[C@@H](O)[C@H](O)[C@H]2O)OC=C2C(=O)N3CCc4cc(OC)c(O)cc4[C@@H]3C[C@H]21. The van der Waals surface area contributed by atoms with Crippen LogP contribution in [0.15, 0.2) is 36.6 Å². The highest BCUT2D eigenvalue weighted by Crippen LogP contribution is 2.49. The van der Waals surface area contributed by atoms with Crippen LogP contribution in [0.2, 0.25) is 0 Å². The third-order valence-corrected chi connectivity index (χ3v) is 7.68. The number of nitrogens with zero attached hydrogens (tertiary/aromatic N) is 1. The van der Waals surface area contributed by atoms with E-state index in [4.69, 9.17) is 18.9 Å². The summed E-state index contributed by atoms with van der Waals surface area (Å²) < 4.78 is 22.3. The maximum atomic E-state index is 13.4. The van der Waals surface area contributed by atoms with Crippen LogP contribution in [0.3, 0.4) is 0 Å². The summed E-state index contributed by atoms with van der Waals surface area (Å²) in [5.74, 6) is -0.637. The fourth-order valence-electron chi connectivity index (χ4n) is 5.70. The molecule has 9 atom stereocenters. The van der Waals surface area contributed by atoms with Crippen molar-refractivity contribution in [3.63, 3.8) is 0 Å². The second kappa shape index (κ2) is 9.66. The van der Waals surface area contributed by atoms with E-state index in [0.29, 0.717) is 30.7 Å². The van der Waals surface area contributed by atoms with Crippen LogP contribution in [-0.4, -0.2) is 93.6 Å². The number of aliphatic hydroxyl groups is 4. The third-order valence-electron chi connectivity index (χ3n) is 7.68. The van der Waals surface area contributed by atoms with Crippen LogP contribution in [0, 0.1) is 11.8 Å². The van der Waals surface area contributed by atoms with E-state index in [1.165, 1.54) is 13.4 Å². The Kier molecular flexibility index (Phi) is 6.70. The first kappa shape index (κ1) is 25.0. The lowest BCUT2D eigenvalue weighted by Gasteiger charge is -2.48. The minimum absolute atomic E-state index is 0.00274. The molecule has 2 saturated heterocycles. The van der Waals surface area contributed by atoms with E-state index in [2.05, 4.69) is 6.58 Å². The van der Waals surface area contributed by atoms with Crippen LogP contribution in [0.4, 0.5) is 0 Å². The fourth-order valence-corrected chi connectivity index (χ4v) is 5.70. The number of benzene rings is 1. The number of aliphatic hydroxyl groups excluding tert-OH is 4. The molecule has 4 aliphatic rings. The Morgan fingerprint density at radius 1 is 1.19 bits per heavy atom. The van der Waals surface area contributed by atoms with E-state index in [0.717, 1.165) is 11.1 Å². The number of carbonyl (C=O) groups excluding carboxylic acids is 1. The predicted molar refractivity (Wildman–Crippen MR) is 122 cm³/mol. The van der Waals surface area contributed by atoms with Crippen molar-refractivity contribution in [1.29, 1.82) is 0 Å². The number of amides is 1. The Morgan fingerprint density at radius 3 is 2.67 bits per heavy atom. The quantitative estimate of drug-likeness (QED) is 0.337. The summed E-state index contributed by atoms with van der Waals surface area (Å²) >= 11 is 0. The maximum absolute atomic E-state index is 13.4. The molecule has 0 aromatic heterocycles. The average Bonchev–Trinajstić information content (AvgIpc) is 2.88. The first-order valence-electron chi connectivity index (χ1n) is 11.9. The van der Waals surface area contributed by atoms with Crippen molar-refractivity contribution in [3.8, 4) is 11.5 Å². The van der Waals surface area contributed by atoms with E-state index >= 15 is 0 Å². The highest BCUT2D eigenvalue weighted by molar-refractivity contribution is 5.95. The molecule has 4 heterocycles. The van der Waals surface area contributed by atoms with E-state index in [-0.39, 0.29) is 23.6 Å². The van der Waals surface area contributed by atoms with Crippen molar-refractivity contribution >= 4 is 5.91 Å². The fraction of sp³-hybridized carbons (Fsp3) is 0.560. The molecule has 1 aromatic carbocycles. The Bertz CT molecular complexity index is 1060. The van der Waals surface area contributed by atoms with Crippen molar-refractivity contribution in [2.45, 2.75) is 55.9 Å². The molecule has 5 rings (SSSR count). The van der Waals surface area contributed by atoms with Gasteiger partial charge in [-0.25, -0.2) is 0 Å². The van der Waals surface area contributed by atoms with E-state index in [1.54, 1.807) is 23.1 Å². The van der Waals surface area contributed by atoms with Gasteiger partial charge in [-0.05, 0) is 36.1 Å².